The van der Waals surface area contributed by atoms with Gasteiger partial charge in [-0.2, -0.15) is 0 Å². The topological polar surface area (TPSA) is 46.5 Å². The first kappa shape index (κ1) is 12.9. The second kappa shape index (κ2) is 8.51. The monoisotopic (exact) mass is 198 g/mol. The van der Waals surface area contributed by atoms with Crippen LogP contribution >= 0.6 is 0 Å². The molecule has 0 heterocycles. The number of hydrogen-bond donors (Lipinski definition) is 1. The molecule has 0 amide bonds. The van der Waals surface area contributed by atoms with E-state index < -0.39 is 6.10 Å². The van der Waals surface area contributed by atoms with E-state index in [-0.39, 0.29) is 12.4 Å². The second-order valence-corrected chi connectivity index (χ2v) is 2.97. The van der Waals surface area contributed by atoms with E-state index in [1.54, 1.807) is 0 Å². The number of methoxy groups -OCH3 is 1. The van der Waals surface area contributed by atoms with Crippen molar-refractivity contribution in [2.45, 2.75) is 32.3 Å². The molecule has 0 aromatic rings. The third-order valence-electron chi connectivity index (χ3n) is 1.74. The van der Waals surface area contributed by atoms with E-state index in [1.807, 2.05) is 31.2 Å². The Labute approximate surface area is 85.1 Å². The van der Waals surface area contributed by atoms with Gasteiger partial charge in [0.25, 0.3) is 0 Å². The van der Waals surface area contributed by atoms with Gasteiger partial charge in [0.05, 0.1) is 19.6 Å². The van der Waals surface area contributed by atoms with E-state index >= 15 is 0 Å². The van der Waals surface area contributed by atoms with Crippen molar-refractivity contribution in [1.82, 2.24) is 0 Å². The van der Waals surface area contributed by atoms with Crippen LogP contribution in [0.4, 0.5) is 0 Å². The second-order valence-electron chi connectivity index (χ2n) is 2.97. The van der Waals surface area contributed by atoms with Crippen molar-refractivity contribution in [3.05, 3.63) is 24.3 Å². The summed E-state index contributed by atoms with van der Waals surface area (Å²) in [5.41, 5.74) is 0. The summed E-state index contributed by atoms with van der Waals surface area (Å²) in [6.07, 6.45) is 8.57. The van der Waals surface area contributed by atoms with Crippen LogP contribution in [0.25, 0.3) is 0 Å². The van der Waals surface area contributed by atoms with Gasteiger partial charge < -0.3 is 9.84 Å². The van der Waals surface area contributed by atoms with Crippen molar-refractivity contribution in [2.24, 2.45) is 0 Å². The lowest BCUT2D eigenvalue weighted by molar-refractivity contribution is -0.142. The molecule has 1 N–H and O–H groups in total. The van der Waals surface area contributed by atoms with E-state index in [1.165, 1.54) is 7.11 Å². The first-order valence-corrected chi connectivity index (χ1v) is 4.73. The van der Waals surface area contributed by atoms with Crippen LogP contribution in [-0.4, -0.2) is 24.3 Å². The molecular weight excluding hydrogens is 180 g/mol. The lowest BCUT2D eigenvalue weighted by atomic mass is 10.1. The molecule has 14 heavy (non-hydrogen) atoms. The zero-order valence-electron chi connectivity index (χ0n) is 8.77. The zero-order valence-corrected chi connectivity index (χ0v) is 8.77. The lowest BCUT2D eigenvalue weighted by Gasteiger charge is -2.06. The minimum atomic E-state index is -0.599. The highest BCUT2D eigenvalue weighted by Crippen LogP contribution is 2.03. The fraction of sp³-hybridized carbons (Fsp3) is 0.545. The van der Waals surface area contributed by atoms with Gasteiger partial charge in [-0.25, -0.2) is 0 Å². The summed E-state index contributed by atoms with van der Waals surface area (Å²) in [6, 6.07) is 0. The van der Waals surface area contributed by atoms with Crippen molar-refractivity contribution in [3.8, 4) is 0 Å². The Kier molecular flexibility index (Phi) is 7.84. The Morgan fingerprint density at radius 3 is 2.79 bits per heavy atom. The molecule has 1 atom stereocenters. The van der Waals surface area contributed by atoms with Gasteiger partial charge in [0, 0.05) is 0 Å². The van der Waals surface area contributed by atoms with Gasteiger partial charge in [-0.3, -0.25) is 4.79 Å². The normalized spacial score (nSPS) is 13.6. The molecule has 0 radical (unpaired) electrons. The molecular formula is C11H18O3. The summed E-state index contributed by atoms with van der Waals surface area (Å²) < 4.78 is 4.44. The smallest absolute Gasteiger partial charge is 0.308 e. The number of rotatable bonds is 6. The largest absolute Gasteiger partial charge is 0.469 e. The van der Waals surface area contributed by atoms with E-state index in [9.17, 15) is 9.90 Å². The molecule has 0 spiro atoms. The number of ether oxygens (including phenoxy) is 1. The van der Waals surface area contributed by atoms with E-state index in [4.69, 9.17) is 0 Å². The molecule has 0 rings (SSSR count). The Bertz CT molecular complexity index is 207. The molecule has 1 unspecified atom stereocenters. The molecule has 0 aliphatic heterocycles. The number of carbonyl (C=O) groups excluding carboxylic acids is 1. The number of carbonyl (C=O) groups is 1. The number of hydrogen-bond acceptors (Lipinski definition) is 3. The summed E-state index contributed by atoms with van der Waals surface area (Å²) in [5, 5.41) is 9.35. The van der Waals surface area contributed by atoms with Crippen molar-refractivity contribution < 1.29 is 14.6 Å². The highest BCUT2D eigenvalue weighted by atomic mass is 16.5. The highest BCUT2D eigenvalue weighted by molar-refractivity contribution is 5.69. The van der Waals surface area contributed by atoms with Crippen LogP contribution in [0, 0.1) is 0 Å². The van der Waals surface area contributed by atoms with Crippen LogP contribution < -0.4 is 0 Å². The summed E-state index contributed by atoms with van der Waals surface area (Å²) in [7, 11) is 1.32. The van der Waals surface area contributed by atoms with Crippen LogP contribution in [-0.2, 0) is 9.53 Å². The summed E-state index contributed by atoms with van der Waals surface area (Å²) in [6.45, 7) is 1.94. The van der Waals surface area contributed by atoms with Gasteiger partial charge in [0.2, 0.25) is 0 Å². The third kappa shape index (κ3) is 7.55. The molecule has 0 saturated carbocycles. The standard InChI is InChI=1S/C11H18O3/c1-3-4-5-6-7-8-10(12)9-11(13)14-2/h3-6,10,12H,7-9H2,1-2H3. The first-order valence-electron chi connectivity index (χ1n) is 4.73. The number of allylic oxidation sites excluding steroid dienone is 4. The number of aliphatic hydroxyl groups excluding tert-OH is 1. The molecule has 0 aromatic heterocycles. The van der Waals surface area contributed by atoms with E-state index in [0.29, 0.717) is 6.42 Å². The minimum absolute atomic E-state index is 0.0773. The van der Waals surface area contributed by atoms with Gasteiger partial charge in [0.15, 0.2) is 0 Å². The maximum Gasteiger partial charge on any atom is 0.308 e. The Morgan fingerprint density at radius 2 is 2.21 bits per heavy atom. The number of esters is 1. The number of aliphatic hydroxyl groups is 1. The van der Waals surface area contributed by atoms with Crippen LogP contribution in [0.3, 0.4) is 0 Å². The summed E-state index contributed by atoms with van der Waals surface area (Å²) in [4.78, 5) is 10.7. The first-order chi connectivity index (χ1) is 6.70. The summed E-state index contributed by atoms with van der Waals surface area (Å²) >= 11 is 0. The van der Waals surface area contributed by atoms with Crippen LogP contribution in [0.1, 0.15) is 26.2 Å². The molecule has 0 aliphatic carbocycles. The molecule has 80 valence electrons. The van der Waals surface area contributed by atoms with E-state index in [0.717, 1.165) is 6.42 Å². The van der Waals surface area contributed by atoms with E-state index in [2.05, 4.69) is 4.74 Å². The molecule has 0 bridgehead atoms. The third-order valence-corrected chi connectivity index (χ3v) is 1.74. The van der Waals surface area contributed by atoms with Gasteiger partial charge in [0.1, 0.15) is 0 Å². The minimum Gasteiger partial charge on any atom is -0.469 e. The van der Waals surface area contributed by atoms with Gasteiger partial charge in [-0.05, 0) is 19.8 Å². The van der Waals surface area contributed by atoms with Crippen molar-refractivity contribution in [2.75, 3.05) is 7.11 Å². The quantitative estimate of drug-likeness (QED) is 0.523. The average molecular weight is 198 g/mol. The van der Waals surface area contributed by atoms with Crippen molar-refractivity contribution in [1.29, 1.82) is 0 Å². The van der Waals surface area contributed by atoms with Gasteiger partial charge in [-0.15, -0.1) is 0 Å². The van der Waals surface area contributed by atoms with Gasteiger partial charge in [-0.1, -0.05) is 24.3 Å². The Morgan fingerprint density at radius 1 is 1.50 bits per heavy atom. The molecule has 0 aromatic carbocycles. The van der Waals surface area contributed by atoms with Gasteiger partial charge >= 0.3 is 5.97 Å². The molecule has 3 nitrogen and oxygen atoms in total. The van der Waals surface area contributed by atoms with Crippen LogP contribution in [0.15, 0.2) is 24.3 Å². The SMILES string of the molecule is CC=CC=CCCC(O)CC(=O)OC. The van der Waals surface area contributed by atoms with Crippen molar-refractivity contribution >= 4 is 5.97 Å². The molecule has 0 saturated heterocycles. The summed E-state index contributed by atoms with van der Waals surface area (Å²) in [5.74, 6) is -0.366. The molecule has 0 fully saturated rings. The lowest BCUT2D eigenvalue weighted by Crippen LogP contribution is -2.13. The maximum absolute atomic E-state index is 10.7. The Hall–Kier alpha value is -1.09. The van der Waals surface area contributed by atoms with Crippen LogP contribution in [0.2, 0.25) is 0 Å². The molecule has 0 aliphatic rings. The highest BCUT2D eigenvalue weighted by Gasteiger charge is 2.09. The fourth-order valence-corrected chi connectivity index (χ4v) is 0.952. The zero-order chi connectivity index (χ0) is 10.8. The predicted molar refractivity (Wildman–Crippen MR) is 55.8 cm³/mol. The average Bonchev–Trinajstić information content (AvgIpc) is 2.17. The fourth-order valence-electron chi connectivity index (χ4n) is 0.952. The maximum atomic E-state index is 10.7. The molecule has 3 heteroatoms. The van der Waals surface area contributed by atoms with Crippen LogP contribution in [0.5, 0.6) is 0 Å². The predicted octanol–water partition coefficient (Wildman–Crippen LogP) is 1.82. The van der Waals surface area contributed by atoms with Crippen molar-refractivity contribution in [3.63, 3.8) is 0 Å². The Balaban J connectivity index is 3.53.